The molecule has 0 aliphatic rings. The average molecular weight is 384 g/mol. The Hall–Kier alpha value is -2.92. The Morgan fingerprint density at radius 3 is 2.59 bits per heavy atom. The van der Waals surface area contributed by atoms with Gasteiger partial charge >= 0.3 is 0 Å². The molecule has 27 heavy (non-hydrogen) atoms. The van der Waals surface area contributed by atoms with E-state index in [1.165, 1.54) is 12.1 Å². The predicted molar refractivity (Wildman–Crippen MR) is 106 cm³/mol. The lowest BCUT2D eigenvalue weighted by Crippen LogP contribution is -2.19. The lowest BCUT2D eigenvalue weighted by Gasteiger charge is -2.11. The van der Waals surface area contributed by atoms with Crippen molar-refractivity contribution in [2.75, 3.05) is 0 Å². The summed E-state index contributed by atoms with van der Waals surface area (Å²) in [5, 5.41) is 4.70. The first-order chi connectivity index (χ1) is 13.0. The van der Waals surface area contributed by atoms with Crippen molar-refractivity contribution >= 4 is 23.7 Å². The topological polar surface area (TPSA) is 46.4 Å². The summed E-state index contributed by atoms with van der Waals surface area (Å²) < 4.78 is 14.9. The Kier molecular flexibility index (Phi) is 5.72. The SMILES string of the molecule is Cc1cc(/C=N/NC(=O)Cc2ccc(F)cc2)c(C)n1-c1ccccc1Cl. The van der Waals surface area contributed by atoms with Gasteiger partial charge in [-0.15, -0.1) is 0 Å². The van der Waals surface area contributed by atoms with E-state index in [-0.39, 0.29) is 18.1 Å². The highest BCUT2D eigenvalue weighted by Gasteiger charge is 2.11. The molecule has 0 atom stereocenters. The largest absolute Gasteiger partial charge is 0.316 e. The molecule has 6 heteroatoms. The molecule has 138 valence electrons. The second-order valence-electron chi connectivity index (χ2n) is 6.21. The van der Waals surface area contributed by atoms with Crippen LogP contribution >= 0.6 is 11.6 Å². The fourth-order valence-electron chi connectivity index (χ4n) is 2.92. The average Bonchev–Trinajstić information content (AvgIpc) is 2.91. The highest BCUT2D eigenvalue weighted by Crippen LogP contribution is 2.25. The fraction of sp³-hybridized carbons (Fsp3) is 0.143. The van der Waals surface area contributed by atoms with Gasteiger partial charge in [-0.05, 0) is 49.7 Å². The molecular weight excluding hydrogens is 365 g/mol. The number of carbonyl (C=O) groups is 1. The van der Waals surface area contributed by atoms with E-state index in [0.29, 0.717) is 5.02 Å². The number of hydrogen-bond donors (Lipinski definition) is 1. The molecule has 3 aromatic rings. The van der Waals surface area contributed by atoms with Crippen molar-refractivity contribution in [3.8, 4) is 5.69 Å². The van der Waals surface area contributed by atoms with Crippen molar-refractivity contribution in [3.05, 3.63) is 88.0 Å². The third kappa shape index (κ3) is 4.44. The fourth-order valence-corrected chi connectivity index (χ4v) is 3.14. The predicted octanol–water partition coefficient (Wildman–Crippen LogP) is 4.58. The Labute approximate surface area is 162 Å². The maximum Gasteiger partial charge on any atom is 0.244 e. The summed E-state index contributed by atoms with van der Waals surface area (Å²) in [5.74, 6) is -0.594. The van der Waals surface area contributed by atoms with Gasteiger partial charge in [-0.1, -0.05) is 35.9 Å². The first-order valence-electron chi connectivity index (χ1n) is 8.46. The Morgan fingerprint density at radius 1 is 1.19 bits per heavy atom. The van der Waals surface area contributed by atoms with Gasteiger partial charge in [0.2, 0.25) is 5.91 Å². The van der Waals surface area contributed by atoms with Crippen LogP contribution in [-0.4, -0.2) is 16.7 Å². The van der Waals surface area contributed by atoms with Gasteiger partial charge in [0.15, 0.2) is 0 Å². The number of aromatic nitrogens is 1. The summed E-state index contributed by atoms with van der Waals surface area (Å²) in [5.41, 5.74) is 6.99. The number of rotatable bonds is 5. The molecule has 0 radical (unpaired) electrons. The molecule has 0 aliphatic heterocycles. The molecule has 0 aliphatic carbocycles. The number of amides is 1. The molecule has 0 saturated heterocycles. The molecule has 1 amide bonds. The highest BCUT2D eigenvalue weighted by molar-refractivity contribution is 6.32. The molecule has 2 aromatic carbocycles. The quantitative estimate of drug-likeness (QED) is 0.508. The van der Waals surface area contributed by atoms with E-state index in [2.05, 4.69) is 10.5 Å². The molecular formula is C21H19ClFN3O. The number of carbonyl (C=O) groups excluding carboxylic acids is 1. The van der Waals surface area contributed by atoms with Crippen LogP contribution in [0, 0.1) is 19.7 Å². The molecule has 1 heterocycles. The van der Waals surface area contributed by atoms with E-state index in [1.807, 2.05) is 48.7 Å². The number of nitrogens with zero attached hydrogens (tertiary/aromatic N) is 2. The zero-order chi connectivity index (χ0) is 19.4. The molecule has 0 bridgehead atoms. The first-order valence-corrected chi connectivity index (χ1v) is 8.83. The maximum absolute atomic E-state index is 12.9. The van der Waals surface area contributed by atoms with Crippen molar-refractivity contribution in [1.82, 2.24) is 9.99 Å². The number of halogens is 2. The van der Waals surface area contributed by atoms with Crippen LogP contribution in [0.2, 0.25) is 5.02 Å². The van der Waals surface area contributed by atoms with E-state index < -0.39 is 0 Å². The van der Waals surface area contributed by atoms with Gasteiger partial charge < -0.3 is 4.57 Å². The van der Waals surface area contributed by atoms with Gasteiger partial charge in [0, 0.05) is 17.0 Å². The van der Waals surface area contributed by atoms with Crippen LogP contribution in [0.15, 0.2) is 59.7 Å². The Morgan fingerprint density at radius 2 is 1.89 bits per heavy atom. The highest BCUT2D eigenvalue weighted by atomic mass is 35.5. The summed E-state index contributed by atoms with van der Waals surface area (Å²) >= 11 is 6.31. The molecule has 0 spiro atoms. The van der Waals surface area contributed by atoms with Gasteiger partial charge in [-0.3, -0.25) is 4.79 Å². The van der Waals surface area contributed by atoms with Gasteiger partial charge in [-0.25, -0.2) is 9.82 Å². The second-order valence-corrected chi connectivity index (χ2v) is 6.62. The second kappa shape index (κ2) is 8.18. The van der Waals surface area contributed by atoms with E-state index in [9.17, 15) is 9.18 Å². The lowest BCUT2D eigenvalue weighted by atomic mass is 10.1. The van der Waals surface area contributed by atoms with E-state index >= 15 is 0 Å². The molecule has 3 rings (SSSR count). The van der Waals surface area contributed by atoms with Crippen molar-refractivity contribution < 1.29 is 9.18 Å². The zero-order valence-electron chi connectivity index (χ0n) is 15.0. The molecule has 4 nitrogen and oxygen atoms in total. The van der Waals surface area contributed by atoms with Crippen molar-refractivity contribution in [1.29, 1.82) is 0 Å². The number of benzene rings is 2. The Bertz CT molecular complexity index is 993. The summed E-state index contributed by atoms with van der Waals surface area (Å²) in [6.45, 7) is 3.96. The van der Waals surface area contributed by atoms with Gasteiger partial charge in [0.1, 0.15) is 5.82 Å². The summed E-state index contributed by atoms with van der Waals surface area (Å²) in [7, 11) is 0. The summed E-state index contributed by atoms with van der Waals surface area (Å²) in [4.78, 5) is 12.0. The standard InChI is InChI=1S/C21H19ClFN3O/c1-14-11-17(15(2)26(14)20-6-4-3-5-19(20)22)13-24-25-21(27)12-16-7-9-18(23)10-8-16/h3-11,13H,12H2,1-2H3,(H,25,27)/b24-13+. The van der Waals surface area contributed by atoms with Crippen LogP contribution in [0.4, 0.5) is 4.39 Å². The zero-order valence-corrected chi connectivity index (χ0v) is 15.8. The van der Waals surface area contributed by atoms with Crippen molar-refractivity contribution in [2.24, 2.45) is 5.10 Å². The number of para-hydroxylation sites is 1. The van der Waals surface area contributed by atoms with Crippen LogP contribution in [0.1, 0.15) is 22.5 Å². The summed E-state index contributed by atoms with van der Waals surface area (Å²) in [6.07, 6.45) is 1.74. The molecule has 1 N–H and O–H groups in total. The van der Waals surface area contributed by atoms with Crippen LogP contribution in [0.5, 0.6) is 0 Å². The molecule has 1 aromatic heterocycles. The monoisotopic (exact) mass is 383 g/mol. The molecule has 0 saturated carbocycles. The number of nitrogens with one attached hydrogen (secondary N) is 1. The smallest absolute Gasteiger partial charge is 0.244 e. The Balaban J connectivity index is 1.71. The molecule has 0 fully saturated rings. The number of hydrogen-bond acceptors (Lipinski definition) is 2. The van der Waals surface area contributed by atoms with Crippen LogP contribution in [-0.2, 0) is 11.2 Å². The number of hydrazone groups is 1. The maximum atomic E-state index is 12.9. The first kappa shape index (κ1) is 18.9. The molecule has 0 unspecified atom stereocenters. The normalized spacial score (nSPS) is 11.1. The van der Waals surface area contributed by atoms with E-state index in [1.54, 1.807) is 18.3 Å². The summed E-state index contributed by atoms with van der Waals surface area (Å²) in [6, 6.07) is 15.4. The third-order valence-electron chi connectivity index (χ3n) is 4.23. The minimum absolute atomic E-state index is 0.135. The minimum atomic E-state index is -0.328. The van der Waals surface area contributed by atoms with E-state index in [4.69, 9.17) is 11.6 Å². The van der Waals surface area contributed by atoms with Crippen LogP contribution in [0.25, 0.3) is 5.69 Å². The number of aryl methyl sites for hydroxylation is 1. The van der Waals surface area contributed by atoms with Crippen LogP contribution < -0.4 is 5.43 Å². The van der Waals surface area contributed by atoms with Gasteiger partial charge in [-0.2, -0.15) is 5.10 Å². The van der Waals surface area contributed by atoms with Gasteiger partial charge in [0.25, 0.3) is 0 Å². The van der Waals surface area contributed by atoms with E-state index in [0.717, 1.165) is 28.2 Å². The third-order valence-corrected chi connectivity index (χ3v) is 4.55. The minimum Gasteiger partial charge on any atom is -0.316 e. The van der Waals surface area contributed by atoms with Crippen molar-refractivity contribution in [2.45, 2.75) is 20.3 Å². The lowest BCUT2D eigenvalue weighted by molar-refractivity contribution is -0.120. The van der Waals surface area contributed by atoms with Crippen molar-refractivity contribution in [3.63, 3.8) is 0 Å². The van der Waals surface area contributed by atoms with Gasteiger partial charge in [0.05, 0.1) is 23.3 Å². The van der Waals surface area contributed by atoms with Crippen LogP contribution in [0.3, 0.4) is 0 Å².